The van der Waals surface area contributed by atoms with Crippen LogP contribution in [0.5, 0.6) is 0 Å². The van der Waals surface area contributed by atoms with Crippen LogP contribution in [0, 0.1) is 5.92 Å². The van der Waals surface area contributed by atoms with Crippen LogP contribution in [-0.2, 0) is 0 Å². The second-order valence-corrected chi connectivity index (χ2v) is 7.21. The number of aromatic nitrogens is 1. The first kappa shape index (κ1) is 18.4. The molecule has 0 radical (unpaired) electrons. The number of aromatic amines is 1. The number of carbonyl (C=O) groups excluding carboxylic acids is 2. The van der Waals surface area contributed by atoms with Crippen molar-refractivity contribution in [2.45, 2.75) is 32.7 Å². The minimum Gasteiger partial charge on any atom is -0.356 e. The van der Waals surface area contributed by atoms with Crippen molar-refractivity contribution in [2.24, 2.45) is 5.92 Å². The highest BCUT2D eigenvalue weighted by Gasteiger charge is 2.25. The van der Waals surface area contributed by atoms with Crippen molar-refractivity contribution in [3.8, 4) is 0 Å². The van der Waals surface area contributed by atoms with Gasteiger partial charge in [0.1, 0.15) is 5.69 Å². The van der Waals surface area contributed by atoms with E-state index < -0.39 is 0 Å². The van der Waals surface area contributed by atoms with Gasteiger partial charge in [0.25, 0.3) is 5.91 Å². The van der Waals surface area contributed by atoms with Gasteiger partial charge in [-0.15, -0.1) is 0 Å². The molecule has 1 aliphatic rings. The third-order valence-electron chi connectivity index (χ3n) is 5.23. The average molecular weight is 353 g/mol. The van der Waals surface area contributed by atoms with E-state index in [2.05, 4.69) is 34.3 Å². The second kappa shape index (κ2) is 8.32. The third-order valence-corrected chi connectivity index (χ3v) is 5.23. The molecule has 138 valence electrons. The highest BCUT2D eigenvalue weighted by molar-refractivity contribution is 5.99. The van der Waals surface area contributed by atoms with Crippen LogP contribution >= 0.6 is 0 Å². The van der Waals surface area contributed by atoms with Crippen molar-refractivity contribution in [2.75, 3.05) is 19.6 Å². The van der Waals surface area contributed by atoms with Gasteiger partial charge in [0.2, 0.25) is 0 Å². The molecule has 5 heteroatoms. The number of carbonyl (C=O) groups is 2. The van der Waals surface area contributed by atoms with E-state index in [9.17, 15) is 9.59 Å². The lowest BCUT2D eigenvalue weighted by molar-refractivity contribution is 0.0908. The lowest BCUT2D eigenvalue weighted by Gasteiger charge is -2.37. The van der Waals surface area contributed by atoms with E-state index in [1.165, 1.54) is 25.3 Å². The van der Waals surface area contributed by atoms with Crippen LogP contribution in [0.3, 0.4) is 0 Å². The Labute approximate surface area is 154 Å². The van der Waals surface area contributed by atoms with E-state index in [4.69, 9.17) is 0 Å². The molecule has 26 heavy (non-hydrogen) atoms. The first-order valence-electron chi connectivity index (χ1n) is 9.31. The molecule has 3 rings (SSSR count). The zero-order valence-electron chi connectivity index (χ0n) is 15.5. The largest absolute Gasteiger partial charge is 0.356 e. The number of nitrogens with one attached hydrogen (secondary N) is 2. The first-order chi connectivity index (χ1) is 12.5. The van der Waals surface area contributed by atoms with Gasteiger partial charge in [-0.3, -0.25) is 14.5 Å². The molecule has 1 aromatic carbocycles. The number of H-pyrrole nitrogens is 1. The van der Waals surface area contributed by atoms with Crippen molar-refractivity contribution in [3.63, 3.8) is 0 Å². The standard InChI is InChI=1S/C21H27N3O2/c1-15-8-10-24(11-9-15)20(17-6-4-3-5-7-17)14-23-21(26)19-12-18(13-22-19)16(2)25/h3-7,12-13,15,20,22H,8-11,14H2,1-2H3,(H,23,26). The number of nitrogens with zero attached hydrogens (tertiary/aromatic N) is 1. The molecule has 1 atom stereocenters. The number of hydrogen-bond acceptors (Lipinski definition) is 3. The molecule has 2 N–H and O–H groups in total. The van der Waals surface area contributed by atoms with Crippen LogP contribution in [0.4, 0.5) is 0 Å². The molecule has 1 fully saturated rings. The molecular formula is C21H27N3O2. The molecule has 0 bridgehead atoms. The number of Topliss-reactive ketones (excluding diaryl/α,β-unsaturated/α-hetero) is 1. The summed E-state index contributed by atoms with van der Waals surface area (Å²) in [6, 6.07) is 12.1. The van der Waals surface area contributed by atoms with Gasteiger partial charge < -0.3 is 10.3 Å². The third kappa shape index (κ3) is 4.41. The molecule has 1 aromatic heterocycles. The van der Waals surface area contributed by atoms with Gasteiger partial charge in [-0.25, -0.2) is 0 Å². The van der Waals surface area contributed by atoms with Gasteiger partial charge in [0.15, 0.2) is 5.78 Å². The van der Waals surface area contributed by atoms with Crippen LogP contribution in [0.1, 0.15) is 59.1 Å². The zero-order chi connectivity index (χ0) is 18.5. The summed E-state index contributed by atoms with van der Waals surface area (Å²) < 4.78 is 0. The van der Waals surface area contributed by atoms with Gasteiger partial charge in [-0.1, -0.05) is 37.3 Å². The Morgan fingerprint density at radius 2 is 1.92 bits per heavy atom. The Morgan fingerprint density at radius 1 is 1.23 bits per heavy atom. The van der Waals surface area contributed by atoms with Crippen molar-refractivity contribution < 1.29 is 9.59 Å². The van der Waals surface area contributed by atoms with Gasteiger partial charge >= 0.3 is 0 Å². The Bertz CT molecular complexity index is 746. The van der Waals surface area contributed by atoms with E-state index in [1.807, 2.05) is 18.2 Å². The number of hydrogen-bond donors (Lipinski definition) is 2. The number of rotatable bonds is 6. The number of piperidine rings is 1. The molecule has 2 heterocycles. The van der Waals surface area contributed by atoms with Gasteiger partial charge in [-0.05, 0) is 50.4 Å². The Morgan fingerprint density at radius 3 is 2.54 bits per heavy atom. The van der Waals surface area contributed by atoms with Crippen molar-refractivity contribution in [1.29, 1.82) is 0 Å². The predicted molar refractivity (Wildman–Crippen MR) is 102 cm³/mol. The van der Waals surface area contributed by atoms with Crippen LogP contribution in [0.15, 0.2) is 42.6 Å². The highest BCUT2D eigenvalue weighted by atomic mass is 16.2. The summed E-state index contributed by atoms with van der Waals surface area (Å²) in [4.78, 5) is 29.2. The maximum atomic E-state index is 12.5. The van der Waals surface area contributed by atoms with E-state index >= 15 is 0 Å². The van der Waals surface area contributed by atoms with E-state index in [0.717, 1.165) is 19.0 Å². The highest BCUT2D eigenvalue weighted by Crippen LogP contribution is 2.26. The average Bonchev–Trinajstić information content (AvgIpc) is 3.15. The molecule has 1 saturated heterocycles. The van der Waals surface area contributed by atoms with Crippen LogP contribution in [0.25, 0.3) is 0 Å². The summed E-state index contributed by atoms with van der Waals surface area (Å²) in [6.07, 6.45) is 3.96. The number of amides is 1. The van der Waals surface area contributed by atoms with Crippen molar-refractivity contribution >= 4 is 11.7 Å². The lowest BCUT2D eigenvalue weighted by atomic mass is 9.95. The fraction of sp³-hybridized carbons (Fsp3) is 0.429. The van der Waals surface area contributed by atoms with Crippen LogP contribution in [-0.4, -0.2) is 41.2 Å². The summed E-state index contributed by atoms with van der Waals surface area (Å²) in [5, 5.41) is 3.04. The minimum absolute atomic E-state index is 0.0510. The number of ketones is 1. The first-order valence-corrected chi connectivity index (χ1v) is 9.31. The Kier molecular flexibility index (Phi) is 5.89. The topological polar surface area (TPSA) is 65.2 Å². The van der Waals surface area contributed by atoms with Crippen LogP contribution in [0.2, 0.25) is 0 Å². The van der Waals surface area contributed by atoms with Gasteiger partial charge in [0.05, 0.1) is 6.04 Å². The Balaban J connectivity index is 1.69. The van der Waals surface area contributed by atoms with E-state index in [1.54, 1.807) is 12.3 Å². The molecule has 1 amide bonds. The summed E-state index contributed by atoms with van der Waals surface area (Å²) >= 11 is 0. The number of likely N-dealkylation sites (tertiary alicyclic amines) is 1. The summed E-state index contributed by atoms with van der Waals surface area (Å²) in [5.41, 5.74) is 2.17. The summed E-state index contributed by atoms with van der Waals surface area (Å²) in [7, 11) is 0. The smallest absolute Gasteiger partial charge is 0.267 e. The Hall–Kier alpha value is -2.40. The molecule has 5 nitrogen and oxygen atoms in total. The van der Waals surface area contributed by atoms with Crippen molar-refractivity contribution in [3.05, 3.63) is 59.4 Å². The van der Waals surface area contributed by atoms with Crippen molar-refractivity contribution in [1.82, 2.24) is 15.2 Å². The molecule has 1 aliphatic heterocycles. The summed E-state index contributed by atoms with van der Waals surface area (Å²) in [5.74, 6) is 0.537. The molecular weight excluding hydrogens is 326 g/mol. The fourth-order valence-electron chi connectivity index (χ4n) is 3.49. The molecule has 0 aliphatic carbocycles. The predicted octanol–water partition coefficient (Wildman–Crippen LogP) is 3.42. The quantitative estimate of drug-likeness (QED) is 0.782. The monoisotopic (exact) mass is 353 g/mol. The second-order valence-electron chi connectivity index (χ2n) is 7.21. The SMILES string of the molecule is CC(=O)c1c[nH]c(C(=O)NCC(c2ccccc2)N2CCC(C)CC2)c1. The number of benzene rings is 1. The van der Waals surface area contributed by atoms with E-state index in [-0.39, 0.29) is 17.7 Å². The minimum atomic E-state index is -0.177. The summed E-state index contributed by atoms with van der Waals surface area (Å²) in [6.45, 7) is 6.44. The normalized spacial score (nSPS) is 17.0. The zero-order valence-corrected chi connectivity index (χ0v) is 15.5. The molecule has 1 unspecified atom stereocenters. The molecule has 0 spiro atoms. The van der Waals surface area contributed by atoms with Gasteiger partial charge in [0, 0.05) is 18.3 Å². The molecule has 2 aromatic rings. The van der Waals surface area contributed by atoms with Gasteiger partial charge in [-0.2, -0.15) is 0 Å². The maximum absolute atomic E-state index is 12.5. The van der Waals surface area contributed by atoms with Crippen LogP contribution < -0.4 is 5.32 Å². The molecule has 0 saturated carbocycles. The fourth-order valence-corrected chi connectivity index (χ4v) is 3.49. The van der Waals surface area contributed by atoms with E-state index in [0.29, 0.717) is 17.8 Å². The maximum Gasteiger partial charge on any atom is 0.267 e. The lowest BCUT2D eigenvalue weighted by Crippen LogP contribution is -2.42.